The van der Waals surface area contributed by atoms with E-state index in [4.69, 9.17) is 5.73 Å². The topological polar surface area (TPSA) is 98.2 Å². The van der Waals surface area contributed by atoms with Gasteiger partial charge in [-0.15, -0.1) is 0 Å². The number of amides is 1. The number of carbonyl (C=O) groups excluding carboxylic acids is 1. The van der Waals surface area contributed by atoms with Gasteiger partial charge in [-0.1, -0.05) is 6.07 Å². The van der Waals surface area contributed by atoms with Crippen LogP contribution in [0, 0.1) is 0 Å². The molecule has 110 valence electrons. The summed E-state index contributed by atoms with van der Waals surface area (Å²) in [5, 5.41) is 9.31. The first kappa shape index (κ1) is 13.6. The summed E-state index contributed by atoms with van der Waals surface area (Å²) < 4.78 is 1.80. The highest BCUT2D eigenvalue weighted by Crippen LogP contribution is 2.43. The summed E-state index contributed by atoms with van der Waals surface area (Å²) in [6, 6.07) is 4.97. The average Bonchev–Trinajstić information content (AvgIpc) is 3.17. The van der Waals surface area contributed by atoms with E-state index in [9.17, 15) is 14.7 Å². The number of para-hydroxylation sites is 1. The third-order valence-electron chi connectivity index (χ3n) is 4.05. The van der Waals surface area contributed by atoms with Gasteiger partial charge in [-0.2, -0.15) is 0 Å². The van der Waals surface area contributed by atoms with Crippen LogP contribution in [0.4, 0.5) is 0 Å². The van der Waals surface area contributed by atoms with Crippen molar-refractivity contribution in [1.29, 1.82) is 0 Å². The molecule has 0 spiro atoms. The van der Waals surface area contributed by atoms with E-state index in [2.05, 4.69) is 4.98 Å². The zero-order valence-electron chi connectivity index (χ0n) is 12.0. The van der Waals surface area contributed by atoms with Gasteiger partial charge >= 0.3 is 5.97 Å². The van der Waals surface area contributed by atoms with E-state index in [1.807, 2.05) is 0 Å². The Kier molecular flexibility index (Phi) is 2.79. The van der Waals surface area contributed by atoms with Crippen LogP contribution in [0.1, 0.15) is 48.8 Å². The van der Waals surface area contributed by atoms with Crippen LogP contribution >= 0.6 is 0 Å². The van der Waals surface area contributed by atoms with Crippen molar-refractivity contribution in [1.82, 2.24) is 9.55 Å². The summed E-state index contributed by atoms with van der Waals surface area (Å²) in [6.45, 7) is 3.46. The molecule has 1 heterocycles. The lowest BCUT2D eigenvalue weighted by Crippen LogP contribution is -2.41. The zero-order valence-corrected chi connectivity index (χ0v) is 12.0. The van der Waals surface area contributed by atoms with Crippen molar-refractivity contribution in [2.24, 2.45) is 5.73 Å². The number of carbonyl (C=O) groups is 2. The van der Waals surface area contributed by atoms with E-state index >= 15 is 0 Å². The van der Waals surface area contributed by atoms with Crippen LogP contribution in [0.25, 0.3) is 11.0 Å². The third kappa shape index (κ3) is 1.98. The molecular formula is C15H17N3O3. The van der Waals surface area contributed by atoms with Gasteiger partial charge in [-0.05, 0) is 38.8 Å². The van der Waals surface area contributed by atoms with Crippen LogP contribution in [0.2, 0.25) is 0 Å². The molecule has 0 atom stereocenters. The molecule has 2 aromatic rings. The van der Waals surface area contributed by atoms with Crippen molar-refractivity contribution >= 4 is 22.9 Å². The number of carboxylic acids is 1. The highest BCUT2D eigenvalue weighted by Gasteiger charge is 2.38. The third-order valence-corrected chi connectivity index (χ3v) is 4.05. The maximum absolute atomic E-state index is 11.8. The second kappa shape index (κ2) is 4.31. The fraction of sp³-hybridized carbons (Fsp3) is 0.400. The van der Waals surface area contributed by atoms with Crippen LogP contribution in [0.5, 0.6) is 0 Å². The molecule has 0 unspecified atom stereocenters. The minimum absolute atomic E-state index is 0.147. The summed E-state index contributed by atoms with van der Waals surface area (Å²) >= 11 is 0. The molecule has 0 saturated heterocycles. The number of benzene rings is 1. The van der Waals surface area contributed by atoms with Gasteiger partial charge in [0.05, 0.1) is 11.1 Å². The number of imidazole rings is 1. The Morgan fingerprint density at radius 1 is 1.38 bits per heavy atom. The van der Waals surface area contributed by atoms with Crippen LogP contribution in [-0.2, 0) is 10.3 Å². The summed E-state index contributed by atoms with van der Waals surface area (Å²) in [7, 11) is 0. The fourth-order valence-corrected chi connectivity index (χ4v) is 2.60. The summed E-state index contributed by atoms with van der Waals surface area (Å²) in [6.07, 6.45) is 2.00. The van der Waals surface area contributed by atoms with Gasteiger partial charge in [0.15, 0.2) is 0 Å². The van der Waals surface area contributed by atoms with Gasteiger partial charge in [0.25, 0.3) is 0 Å². The standard InChI is InChI=1S/C15H17N3O3/c1-15(2,14(16)21)18-10-5-3-4-9(13(19)20)11(10)17-12(18)8-6-7-8/h3-5,8H,6-7H2,1-2H3,(H2,16,21)(H,19,20). The van der Waals surface area contributed by atoms with Crippen LogP contribution in [-0.4, -0.2) is 26.5 Å². The van der Waals surface area contributed by atoms with Gasteiger partial charge in [-0.3, -0.25) is 4.79 Å². The predicted octanol–water partition coefficient (Wildman–Crippen LogP) is 1.83. The van der Waals surface area contributed by atoms with Gasteiger partial charge in [0.2, 0.25) is 5.91 Å². The van der Waals surface area contributed by atoms with Crippen LogP contribution < -0.4 is 5.73 Å². The molecule has 1 fully saturated rings. The number of hydrogen-bond acceptors (Lipinski definition) is 3. The van der Waals surface area contributed by atoms with E-state index in [0.717, 1.165) is 18.7 Å². The molecule has 21 heavy (non-hydrogen) atoms. The SMILES string of the molecule is CC(C)(C(N)=O)n1c(C2CC2)nc2c(C(=O)O)cccc21. The Hall–Kier alpha value is -2.37. The predicted molar refractivity (Wildman–Crippen MR) is 77.2 cm³/mol. The van der Waals surface area contributed by atoms with Crippen molar-refractivity contribution in [3.8, 4) is 0 Å². The van der Waals surface area contributed by atoms with E-state index in [1.54, 1.807) is 30.5 Å². The lowest BCUT2D eigenvalue weighted by atomic mass is 10.0. The van der Waals surface area contributed by atoms with Gasteiger partial charge in [0.1, 0.15) is 16.9 Å². The Labute approximate surface area is 121 Å². The second-order valence-corrected chi connectivity index (χ2v) is 5.98. The number of nitrogens with two attached hydrogens (primary N) is 1. The molecule has 1 aliphatic rings. The first-order valence-corrected chi connectivity index (χ1v) is 6.89. The maximum atomic E-state index is 11.8. The Morgan fingerprint density at radius 3 is 2.57 bits per heavy atom. The fourth-order valence-electron chi connectivity index (χ4n) is 2.60. The number of hydrogen-bond donors (Lipinski definition) is 2. The van der Waals surface area contributed by atoms with Crippen molar-refractivity contribution < 1.29 is 14.7 Å². The first-order chi connectivity index (χ1) is 9.84. The summed E-state index contributed by atoms with van der Waals surface area (Å²) in [4.78, 5) is 27.7. The Morgan fingerprint density at radius 2 is 2.05 bits per heavy atom. The molecule has 3 rings (SSSR count). The molecule has 1 amide bonds. The number of aromatic nitrogens is 2. The van der Waals surface area contributed by atoms with Crippen LogP contribution in [0.3, 0.4) is 0 Å². The minimum Gasteiger partial charge on any atom is -0.478 e. The molecule has 6 nitrogen and oxygen atoms in total. The van der Waals surface area contributed by atoms with E-state index in [0.29, 0.717) is 11.0 Å². The van der Waals surface area contributed by atoms with E-state index in [1.165, 1.54) is 6.07 Å². The van der Waals surface area contributed by atoms with E-state index < -0.39 is 17.4 Å². The number of carboxylic acid groups (broad SMARTS) is 1. The molecule has 1 aromatic carbocycles. The first-order valence-electron chi connectivity index (χ1n) is 6.89. The van der Waals surface area contributed by atoms with Crippen molar-refractivity contribution in [3.63, 3.8) is 0 Å². The molecule has 1 saturated carbocycles. The normalized spacial score (nSPS) is 15.3. The second-order valence-electron chi connectivity index (χ2n) is 5.98. The Bertz CT molecular complexity index is 757. The van der Waals surface area contributed by atoms with Gasteiger partial charge in [0, 0.05) is 5.92 Å². The highest BCUT2D eigenvalue weighted by molar-refractivity contribution is 6.01. The van der Waals surface area contributed by atoms with Crippen molar-refractivity contribution in [2.75, 3.05) is 0 Å². The molecule has 1 aromatic heterocycles. The molecule has 0 aliphatic heterocycles. The number of nitrogens with zero attached hydrogens (tertiary/aromatic N) is 2. The molecule has 0 radical (unpaired) electrons. The van der Waals surface area contributed by atoms with Gasteiger partial charge in [-0.25, -0.2) is 9.78 Å². The van der Waals surface area contributed by atoms with E-state index in [-0.39, 0.29) is 11.5 Å². The molecule has 3 N–H and O–H groups in total. The van der Waals surface area contributed by atoms with Crippen LogP contribution in [0.15, 0.2) is 18.2 Å². The summed E-state index contributed by atoms with van der Waals surface area (Å²) in [5.74, 6) is -0.464. The smallest absolute Gasteiger partial charge is 0.337 e. The Balaban J connectivity index is 2.36. The van der Waals surface area contributed by atoms with Gasteiger partial charge < -0.3 is 15.4 Å². The zero-order chi connectivity index (χ0) is 15.4. The average molecular weight is 287 g/mol. The number of primary amides is 1. The quantitative estimate of drug-likeness (QED) is 0.896. The van der Waals surface area contributed by atoms with Crippen molar-refractivity contribution in [2.45, 2.75) is 38.1 Å². The molecule has 1 aliphatic carbocycles. The number of aromatic carboxylic acids is 1. The highest BCUT2D eigenvalue weighted by atomic mass is 16.4. The molecule has 6 heteroatoms. The maximum Gasteiger partial charge on any atom is 0.337 e. The summed E-state index contributed by atoms with van der Waals surface area (Å²) in [5.41, 5.74) is 5.79. The molecular weight excluding hydrogens is 270 g/mol. The lowest BCUT2D eigenvalue weighted by molar-refractivity contribution is -0.125. The monoisotopic (exact) mass is 287 g/mol. The molecule has 0 bridgehead atoms. The lowest BCUT2D eigenvalue weighted by Gasteiger charge is -2.26. The largest absolute Gasteiger partial charge is 0.478 e. The number of fused-ring (bicyclic) bond motifs is 1. The minimum atomic E-state index is -1.02. The van der Waals surface area contributed by atoms with Crippen molar-refractivity contribution in [3.05, 3.63) is 29.6 Å². The number of rotatable bonds is 4.